The first-order chi connectivity index (χ1) is 11.1. The molecule has 1 fully saturated rings. The summed E-state index contributed by atoms with van der Waals surface area (Å²) in [5, 5.41) is 8.27. The second-order valence-electron chi connectivity index (χ2n) is 5.69. The van der Waals surface area contributed by atoms with E-state index in [4.69, 9.17) is 21.7 Å². The van der Waals surface area contributed by atoms with Crippen LogP contribution in [0.3, 0.4) is 0 Å². The predicted octanol–water partition coefficient (Wildman–Crippen LogP) is 3.22. The van der Waals surface area contributed by atoms with E-state index in [-0.39, 0.29) is 0 Å². The summed E-state index contributed by atoms with van der Waals surface area (Å²) in [5.41, 5.74) is 4.72. The van der Waals surface area contributed by atoms with Gasteiger partial charge in [-0.3, -0.25) is 5.43 Å². The van der Waals surface area contributed by atoms with E-state index in [2.05, 4.69) is 15.8 Å². The maximum Gasteiger partial charge on any atom is 0.187 e. The first-order valence-corrected chi connectivity index (χ1v) is 8.38. The van der Waals surface area contributed by atoms with Gasteiger partial charge in [0.1, 0.15) is 0 Å². The molecule has 0 amide bonds. The average molecular weight is 335 g/mol. The predicted molar refractivity (Wildman–Crippen MR) is 97.5 cm³/mol. The zero-order chi connectivity index (χ0) is 16.7. The number of hydrazone groups is 1. The van der Waals surface area contributed by atoms with E-state index >= 15 is 0 Å². The Morgan fingerprint density at radius 1 is 1.13 bits per heavy atom. The minimum atomic E-state index is 0.473. The van der Waals surface area contributed by atoms with Crippen LogP contribution in [0.25, 0.3) is 0 Å². The van der Waals surface area contributed by atoms with Crippen molar-refractivity contribution in [3.63, 3.8) is 0 Å². The second kappa shape index (κ2) is 8.72. The molecular weight excluding hydrogens is 310 g/mol. The molecule has 0 atom stereocenters. The molecule has 0 radical (unpaired) electrons. The van der Waals surface area contributed by atoms with Crippen LogP contribution in [0.15, 0.2) is 23.3 Å². The van der Waals surface area contributed by atoms with Crippen LogP contribution in [0.1, 0.15) is 44.6 Å². The average Bonchev–Trinajstić information content (AvgIpc) is 2.59. The van der Waals surface area contributed by atoms with Crippen LogP contribution in [0, 0.1) is 0 Å². The lowest BCUT2D eigenvalue weighted by atomic mass is 9.96. The highest BCUT2D eigenvalue weighted by atomic mass is 32.1. The van der Waals surface area contributed by atoms with Crippen LogP contribution < -0.4 is 20.2 Å². The van der Waals surface area contributed by atoms with Gasteiger partial charge in [0.05, 0.1) is 19.9 Å². The highest BCUT2D eigenvalue weighted by molar-refractivity contribution is 7.80. The van der Waals surface area contributed by atoms with Crippen molar-refractivity contribution in [3.05, 3.63) is 23.8 Å². The molecule has 0 aromatic heterocycles. The van der Waals surface area contributed by atoms with Crippen LogP contribution in [0.2, 0.25) is 0 Å². The third kappa shape index (κ3) is 5.10. The summed E-state index contributed by atoms with van der Waals surface area (Å²) >= 11 is 5.32. The van der Waals surface area contributed by atoms with Gasteiger partial charge >= 0.3 is 0 Å². The second-order valence-corrected chi connectivity index (χ2v) is 6.10. The lowest BCUT2D eigenvalue weighted by molar-refractivity contribution is 0.355. The molecule has 2 N–H and O–H groups in total. The summed E-state index contributed by atoms with van der Waals surface area (Å²) in [6.45, 7) is 1.93. The monoisotopic (exact) mass is 335 g/mol. The Bertz CT molecular complexity index is 569. The molecule has 1 aromatic rings. The van der Waals surface area contributed by atoms with Gasteiger partial charge in [0.15, 0.2) is 16.6 Å². The lowest BCUT2D eigenvalue weighted by Crippen LogP contribution is -2.41. The van der Waals surface area contributed by atoms with Gasteiger partial charge in [-0.05, 0) is 50.2 Å². The Balaban J connectivity index is 1.94. The minimum absolute atomic E-state index is 0.473. The molecule has 0 heterocycles. The Kier molecular flexibility index (Phi) is 6.65. The van der Waals surface area contributed by atoms with Crippen molar-refractivity contribution < 1.29 is 9.47 Å². The van der Waals surface area contributed by atoms with E-state index in [9.17, 15) is 0 Å². The van der Waals surface area contributed by atoms with E-state index in [0.717, 1.165) is 11.3 Å². The molecule has 0 saturated heterocycles. The smallest absolute Gasteiger partial charge is 0.187 e. The van der Waals surface area contributed by atoms with E-state index in [1.54, 1.807) is 14.2 Å². The highest BCUT2D eigenvalue weighted by Crippen LogP contribution is 2.27. The summed E-state index contributed by atoms with van der Waals surface area (Å²) < 4.78 is 10.6. The van der Waals surface area contributed by atoms with Crippen molar-refractivity contribution in [2.75, 3.05) is 14.2 Å². The normalized spacial score (nSPS) is 15.9. The highest BCUT2D eigenvalue weighted by Gasteiger charge is 2.13. The van der Waals surface area contributed by atoms with Crippen LogP contribution in [-0.4, -0.2) is 31.1 Å². The van der Waals surface area contributed by atoms with Crippen molar-refractivity contribution in [2.45, 2.75) is 45.1 Å². The summed E-state index contributed by atoms with van der Waals surface area (Å²) in [5.74, 6) is 1.38. The molecule has 126 valence electrons. The first-order valence-electron chi connectivity index (χ1n) is 7.97. The number of hydrogen-bond acceptors (Lipinski definition) is 4. The fourth-order valence-electron chi connectivity index (χ4n) is 2.73. The SMILES string of the molecule is COc1ccc(C(C)=NNC(=S)NC2CCCCC2)cc1OC. The molecule has 1 aromatic carbocycles. The number of thiocarbonyl (C=S) groups is 1. The van der Waals surface area contributed by atoms with Crippen molar-refractivity contribution in [2.24, 2.45) is 5.10 Å². The van der Waals surface area contributed by atoms with E-state index in [1.807, 2.05) is 25.1 Å². The van der Waals surface area contributed by atoms with Crippen LogP contribution in [-0.2, 0) is 0 Å². The third-order valence-corrected chi connectivity index (χ3v) is 4.28. The van der Waals surface area contributed by atoms with Crippen molar-refractivity contribution in [1.29, 1.82) is 0 Å². The van der Waals surface area contributed by atoms with Crippen molar-refractivity contribution >= 4 is 23.0 Å². The molecule has 1 aliphatic carbocycles. The molecule has 1 aliphatic rings. The fraction of sp³-hybridized carbons (Fsp3) is 0.529. The van der Waals surface area contributed by atoms with Crippen molar-refractivity contribution in [1.82, 2.24) is 10.7 Å². The summed E-state index contributed by atoms with van der Waals surface area (Å²) in [7, 11) is 3.24. The zero-order valence-electron chi connectivity index (χ0n) is 14.0. The van der Waals surface area contributed by atoms with Gasteiger partial charge in [-0.1, -0.05) is 19.3 Å². The molecule has 0 bridgehead atoms. The van der Waals surface area contributed by atoms with Crippen LogP contribution in [0.4, 0.5) is 0 Å². The Hall–Kier alpha value is -1.82. The minimum Gasteiger partial charge on any atom is -0.493 e. The number of rotatable bonds is 5. The summed E-state index contributed by atoms with van der Waals surface area (Å²) in [6.07, 6.45) is 6.23. The van der Waals surface area contributed by atoms with E-state index in [1.165, 1.54) is 32.1 Å². The number of benzene rings is 1. The molecule has 6 heteroatoms. The molecule has 5 nitrogen and oxygen atoms in total. The first kappa shape index (κ1) is 17.5. The quantitative estimate of drug-likeness (QED) is 0.491. The van der Waals surface area contributed by atoms with Gasteiger partial charge in [-0.25, -0.2) is 0 Å². The molecule has 0 unspecified atom stereocenters. The number of methoxy groups -OCH3 is 2. The number of ether oxygens (including phenoxy) is 2. The summed E-state index contributed by atoms with van der Waals surface area (Å²) in [6, 6.07) is 6.18. The Morgan fingerprint density at radius 3 is 2.48 bits per heavy atom. The van der Waals surface area contributed by atoms with E-state index < -0.39 is 0 Å². The van der Waals surface area contributed by atoms with Gasteiger partial charge in [0, 0.05) is 11.6 Å². The van der Waals surface area contributed by atoms with Crippen molar-refractivity contribution in [3.8, 4) is 11.5 Å². The maximum atomic E-state index is 5.32. The topological polar surface area (TPSA) is 54.9 Å². The molecular formula is C17H25N3O2S. The fourth-order valence-corrected chi connectivity index (χ4v) is 2.94. The van der Waals surface area contributed by atoms with Crippen LogP contribution in [0.5, 0.6) is 11.5 Å². The van der Waals surface area contributed by atoms with Gasteiger partial charge < -0.3 is 14.8 Å². The standard InChI is InChI=1S/C17H25N3O2S/c1-12(13-9-10-15(21-2)16(11-13)22-3)19-20-17(23)18-14-7-5-4-6-8-14/h9-11,14H,4-8H2,1-3H3,(H2,18,20,23). The Morgan fingerprint density at radius 2 is 1.83 bits per heavy atom. The van der Waals surface area contributed by atoms with Gasteiger partial charge in [-0.2, -0.15) is 5.10 Å². The molecule has 0 aliphatic heterocycles. The molecule has 2 rings (SSSR count). The number of nitrogens with one attached hydrogen (secondary N) is 2. The number of hydrogen-bond donors (Lipinski definition) is 2. The maximum absolute atomic E-state index is 5.32. The van der Waals surface area contributed by atoms with E-state index in [0.29, 0.717) is 22.7 Å². The van der Waals surface area contributed by atoms with Crippen LogP contribution >= 0.6 is 12.2 Å². The third-order valence-electron chi connectivity index (χ3n) is 4.07. The van der Waals surface area contributed by atoms with Gasteiger partial charge in [0.25, 0.3) is 0 Å². The number of nitrogens with zero attached hydrogens (tertiary/aromatic N) is 1. The largest absolute Gasteiger partial charge is 0.493 e. The van der Waals surface area contributed by atoms with Gasteiger partial charge in [0.2, 0.25) is 0 Å². The summed E-state index contributed by atoms with van der Waals surface area (Å²) in [4.78, 5) is 0. The molecule has 23 heavy (non-hydrogen) atoms. The zero-order valence-corrected chi connectivity index (χ0v) is 14.8. The Labute approximate surface area is 143 Å². The lowest BCUT2D eigenvalue weighted by Gasteiger charge is -2.23. The van der Waals surface area contributed by atoms with Gasteiger partial charge in [-0.15, -0.1) is 0 Å². The molecule has 1 saturated carbocycles. The molecule has 0 spiro atoms.